The molecule has 1 nitrogen and oxygen atoms in total. The van der Waals surface area contributed by atoms with Gasteiger partial charge >= 0.3 is 0 Å². The molecule has 10 heavy (non-hydrogen) atoms. The van der Waals surface area contributed by atoms with E-state index >= 15 is 0 Å². The zero-order chi connectivity index (χ0) is 6.10. The lowest BCUT2D eigenvalue weighted by atomic mass is 10.2. The van der Waals surface area contributed by atoms with Crippen LogP contribution in [0.1, 0.15) is 5.56 Å². The molecular formula is C8H10FN. The summed E-state index contributed by atoms with van der Waals surface area (Å²) in [6.07, 6.45) is 1.19. The fraction of sp³-hybridized carbons (Fsp3) is 0.250. The Labute approximate surface area is 59.4 Å². The van der Waals surface area contributed by atoms with Gasteiger partial charge in [0.05, 0.1) is 0 Å². The summed E-state index contributed by atoms with van der Waals surface area (Å²) in [5.74, 6) is 0. The van der Waals surface area contributed by atoms with E-state index in [2.05, 4.69) is 29.6 Å². The fourth-order valence-electron chi connectivity index (χ4n) is 1.24. The van der Waals surface area contributed by atoms with E-state index in [4.69, 9.17) is 0 Å². The van der Waals surface area contributed by atoms with Crippen molar-refractivity contribution in [3.8, 4) is 0 Å². The Kier molecular flexibility index (Phi) is 1.90. The second-order valence-electron chi connectivity index (χ2n) is 2.33. The molecule has 54 valence electrons. The van der Waals surface area contributed by atoms with Crippen LogP contribution in [-0.2, 0) is 6.42 Å². The maximum absolute atomic E-state index is 3.30. The third-order valence-electron chi connectivity index (χ3n) is 1.73. The van der Waals surface area contributed by atoms with Crippen LogP contribution in [-0.4, -0.2) is 6.54 Å². The summed E-state index contributed by atoms with van der Waals surface area (Å²) >= 11 is 0. The number of hydrogen-bond donors (Lipinski definition) is 1. The Morgan fingerprint density at radius 2 is 2.00 bits per heavy atom. The van der Waals surface area contributed by atoms with Gasteiger partial charge in [-0.15, -0.1) is 0 Å². The van der Waals surface area contributed by atoms with Gasteiger partial charge in [-0.1, -0.05) is 18.2 Å². The van der Waals surface area contributed by atoms with Crippen molar-refractivity contribution in [2.24, 2.45) is 0 Å². The zero-order valence-electron chi connectivity index (χ0n) is 5.63. The molecule has 1 aliphatic heterocycles. The van der Waals surface area contributed by atoms with Crippen molar-refractivity contribution in [2.45, 2.75) is 6.42 Å². The number of fused-ring (bicyclic) bond motifs is 1. The first-order chi connectivity index (χ1) is 4.47. The minimum absolute atomic E-state index is 0. The van der Waals surface area contributed by atoms with Gasteiger partial charge < -0.3 is 5.32 Å². The number of anilines is 1. The largest absolute Gasteiger partial charge is 0.384 e. The van der Waals surface area contributed by atoms with Gasteiger partial charge in [0, 0.05) is 12.2 Å². The van der Waals surface area contributed by atoms with Crippen molar-refractivity contribution in [1.82, 2.24) is 0 Å². The summed E-state index contributed by atoms with van der Waals surface area (Å²) in [5, 5.41) is 3.30. The van der Waals surface area contributed by atoms with Crippen LogP contribution in [0.2, 0.25) is 0 Å². The molecule has 0 atom stereocenters. The average molecular weight is 139 g/mol. The molecule has 1 aromatic rings. The number of para-hydroxylation sites is 1. The molecule has 1 aromatic carbocycles. The van der Waals surface area contributed by atoms with Crippen molar-refractivity contribution in [2.75, 3.05) is 11.9 Å². The van der Waals surface area contributed by atoms with E-state index in [1.807, 2.05) is 0 Å². The molecule has 1 aliphatic rings. The Morgan fingerprint density at radius 3 is 2.80 bits per heavy atom. The van der Waals surface area contributed by atoms with Gasteiger partial charge in [0.25, 0.3) is 0 Å². The highest BCUT2D eigenvalue weighted by atomic mass is 19.0. The lowest BCUT2D eigenvalue weighted by Gasteiger charge is -1.94. The minimum Gasteiger partial charge on any atom is -0.384 e. The molecule has 2 heteroatoms. The van der Waals surface area contributed by atoms with E-state index in [9.17, 15) is 0 Å². The minimum atomic E-state index is 0. The second-order valence-corrected chi connectivity index (χ2v) is 2.33. The topological polar surface area (TPSA) is 12.0 Å². The van der Waals surface area contributed by atoms with Crippen LogP contribution in [0.5, 0.6) is 0 Å². The normalized spacial score (nSPS) is 13.2. The molecule has 0 amide bonds. The molecule has 0 aromatic heterocycles. The van der Waals surface area contributed by atoms with Crippen LogP contribution >= 0.6 is 0 Å². The third-order valence-corrected chi connectivity index (χ3v) is 1.73. The lowest BCUT2D eigenvalue weighted by Crippen LogP contribution is -1.90. The van der Waals surface area contributed by atoms with Crippen molar-refractivity contribution in [3.63, 3.8) is 0 Å². The Morgan fingerprint density at radius 1 is 1.20 bits per heavy atom. The van der Waals surface area contributed by atoms with E-state index in [-0.39, 0.29) is 4.70 Å². The predicted octanol–water partition coefficient (Wildman–Crippen LogP) is 1.81. The number of hydrogen-bond acceptors (Lipinski definition) is 1. The molecule has 0 spiro atoms. The van der Waals surface area contributed by atoms with Crippen molar-refractivity contribution >= 4 is 5.69 Å². The van der Waals surface area contributed by atoms with E-state index in [0.717, 1.165) is 6.54 Å². The summed E-state index contributed by atoms with van der Waals surface area (Å²) in [6.45, 7) is 1.11. The lowest BCUT2D eigenvalue weighted by molar-refractivity contribution is 1.11. The molecule has 1 N–H and O–H groups in total. The maximum atomic E-state index is 3.30. The van der Waals surface area contributed by atoms with Gasteiger partial charge in [-0.25, -0.2) is 0 Å². The first kappa shape index (κ1) is 7.06. The van der Waals surface area contributed by atoms with Gasteiger partial charge in [0.2, 0.25) is 0 Å². The molecule has 0 bridgehead atoms. The smallest absolute Gasteiger partial charge is 0.0373 e. The molecule has 0 saturated carbocycles. The first-order valence-corrected chi connectivity index (χ1v) is 3.28. The number of benzene rings is 1. The summed E-state index contributed by atoms with van der Waals surface area (Å²) < 4.78 is 0. The Balaban J connectivity index is 0.000000500. The van der Waals surface area contributed by atoms with Gasteiger partial charge in [-0.2, -0.15) is 0 Å². The SMILES string of the molecule is F.c1ccc2c(c1)CCN2. The molecule has 0 aliphatic carbocycles. The molecule has 0 radical (unpaired) electrons. The highest BCUT2D eigenvalue weighted by molar-refractivity contribution is 5.54. The molecule has 0 fully saturated rings. The van der Waals surface area contributed by atoms with E-state index in [1.165, 1.54) is 17.7 Å². The van der Waals surface area contributed by atoms with Gasteiger partial charge in [0.1, 0.15) is 0 Å². The van der Waals surface area contributed by atoms with Crippen LogP contribution < -0.4 is 5.32 Å². The van der Waals surface area contributed by atoms with E-state index < -0.39 is 0 Å². The van der Waals surface area contributed by atoms with Crippen molar-refractivity contribution in [1.29, 1.82) is 0 Å². The first-order valence-electron chi connectivity index (χ1n) is 3.28. The second kappa shape index (κ2) is 2.69. The fourth-order valence-corrected chi connectivity index (χ4v) is 1.24. The predicted molar refractivity (Wildman–Crippen MR) is 41.1 cm³/mol. The quantitative estimate of drug-likeness (QED) is 0.578. The highest BCUT2D eigenvalue weighted by Crippen LogP contribution is 2.19. The molecule has 0 saturated heterocycles. The number of rotatable bonds is 0. The van der Waals surface area contributed by atoms with Crippen LogP contribution in [0.4, 0.5) is 10.4 Å². The van der Waals surface area contributed by atoms with Crippen LogP contribution in [0.3, 0.4) is 0 Å². The van der Waals surface area contributed by atoms with Crippen LogP contribution in [0.25, 0.3) is 0 Å². The third kappa shape index (κ3) is 0.967. The highest BCUT2D eigenvalue weighted by Gasteiger charge is 2.05. The average Bonchev–Trinajstić information content (AvgIpc) is 2.33. The van der Waals surface area contributed by atoms with Crippen LogP contribution in [0.15, 0.2) is 24.3 Å². The Bertz CT molecular complexity index is 199. The van der Waals surface area contributed by atoms with E-state index in [1.54, 1.807) is 0 Å². The summed E-state index contributed by atoms with van der Waals surface area (Å²) in [5.41, 5.74) is 2.77. The van der Waals surface area contributed by atoms with Crippen molar-refractivity contribution in [3.05, 3.63) is 29.8 Å². The summed E-state index contributed by atoms with van der Waals surface area (Å²) in [7, 11) is 0. The van der Waals surface area contributed by atoms with Gasteiger partial charge in [-0.3, -0.25) is 4.70 Å². The van der Waals surface area contributed by atoms with Gasteiger partial charge in [-0.05, 0) is 18.1 Å². The standard InChI is InChI=1S/C8H9N.FH/c1-2-4-8-7(3-1)5-6-9-8;/h1-4,9H,5-6H2;1H. The monoisotopic (exact) mass is 139 g/mol. The number of halogens is 1. The Hall–Kier alpha value is -1.05. The van der Waals surface area contributed by atoms with E-state index in [0.29, 0.717) is 0 Å². The maximum Gasteiger partial charge on any atom is 0.0373 e. The molecule has 2 rings (SSSR count). The summed E-state index contributed by atoms with van der Waals surface area (Å²) in [4.78, 5) is 0. The van der Waals surface area contributed by atoms with Crippen molar-refractivity contribution < 1.29 is 4.70 Å². The molecular weight excluding hydrogens is 129 g/mol. The summed E-state index contributed by atoms with van der Waals surface area (Å²) in [6, 6.07) is 8.46. The zero-order valence-corrected chi connectivity index (χ0v) is 5.63. The van der Waals surface area contributed by atoms with Crippen LogP contribution in [0, 0.1) is 0 Å². The molecule has 0 unspecified atom stereocenters. The number of nitrogens with one attached hydrogen (secondary N) is 1. The molecule has 1 heterocycles. The van der Waals surface area contributed by atoms with Gasteiger partial charge in [0.15, 0.2) is 0 Å².